The molecule has 0 radical (unpaired) electrons. The second-order valence-corrected chi connectivity index (χ2v) is 6.52. The van der Waals surface area contributed by atoms with Crippen LogP contribution in [0.1, 0.15) is 52.4 Å². The number of nitrogens with zero attached hydrogens (tertiary/aromatic N) is 1. The van der Waals surface area contributed by atoms with Crippen molar-refractivity contribution in [2.24, 2.45) is 5.41 Å². The molecule has 0 bridgehead atoms. The summed E-state index contributed by atoms with van der Waals surface area (Å²) >= 11 is 0. The first kappa shape index (κ1) is 12.4. The van der Waals surface area contributed by atoms with E-state index in [1.165, 1.54) is 64.7 Å². The van der Waals surface area contributed by atoms with Crippen molar-refractivity contribution in [3.05, 3.63) is 0 Å². The first-order valence-electron chi connectivity index (χ1n) is 7.11. The molecule has 0 aromatic heterocycles. The van der Waals surface area contributed by atoms with E-state index in [1.807, 2.05) is 0 Å². The van der Waals surface area contributed by atoms with Crippen LogP contribution in [-0.2, 0) is 0 Å². The van der Waals surface area contributed by atoms with Crippen LogP contribution in [0.15, 0.2) is 0 Å². The molecule has 0 aromatic carbocycles. The summed E-state index contributed by atoms with van der Waals surface area (Å²) in [5.74, 6) is 0. The van der Waals surface area contributed by atoms with Crippen LogP contribution in [0.5, 0.6) is 0 Å². The number of nitrogens with one attached hydrogen (secondary N) is 1. The average Bonchev–Trinajstić information content (AvgIpc) is 2.43. The van der Waals surface area contributed by atoms with Crippen LogP contribution >= 0.6 is 0 Å². The standard InChI is InChI=1S/C14H28N2/c1-14(2)11-16(12-14)10-9-15-13-7-5-3-4-6-8-13/h13,15H,3-12H2,1-2H3. The summed E-state index contributed by atoms with van der Waals surface area (Å²) in [5.41, 5.74) is 0.586. The van der Waals surface area contributed by atoms with Crippen LogP contribution in [0.4, 0.5) is 0 Å². The second kappa shape index (κ2) is 5.50. The maximum atomic E-state index is 3.75. The zero-order valence-electron chi connectivity index (χ0n) is 11.1. The Labute approximate surface area is 101 Å². The molecule has 16 heavy (non-hydrogen) atoms. The van der Waals surface area contributed by atoms with Gasteiger partial charge in [0.2, 0.25) is 0 Å². The highest BCUT2D eigenvalue weighted by molar-refractivity contribution is 4.87. The molecule has 0 aromatic rings. The largest absolute Gasteiger partial charge is 0.313 e. The normalized spacial score (nSPS) is 27.4. The lowest BCUT2D eigenvalue weighted by Gasteiger charge is -2.46. The van der Waals surface area contributed by atoms with Gasteiger partial charge in [-0.25, -0.2) is 0 Å². The number of likely N-dealkylation sites (tertiary alicyclic amines) is 1. The van der Waals surface area contributed by atoms with Gasteiger partial charge in [0.05, 0.1) is 0 Å². The zero-order chi connectivity index (χ0) is 11.4. The van der Waals surface area contributed by atoms with Crippen LogP contribution in [0.3, 0.4) is 0 Å². The Morgan fingerprint density at radius 2 is 1.69 bits per heavy atom. The maximum Gasteiger partial charge on any atom is 0.0107 e. The van der Waals surface area contributed by atoms with E-state index in [9.17, 15) is 0 Å². The van der Waals surface area contributed by atoms with Crippen molar-refractivity contribution < 1.29 is 0 Å². The van der Waals surface area contributed by atoms with Crippen LogP contribution in [0, 0.1) is 5.41 Å². The Morgan fingerprint density at radius 3 is 2.25 bits per heavy atom. The highest BCUT2D eigenvalue weighted by Gasteiger charge is 2.33. The van der Waals surface area contributed by atoms with E-state index in [0.29, 0.717) is 5.41 Å². The molecule has 94 valence electrons. The summed E-state index contributed by atoms with van der Waals surface area (Å²) in [6.45, 7) is 9.75. The average molecular weight is 224 g/mol. The topological polar surface area (TPSA) is 15.3 Å². The van der Waals surface area contributed by atoms with Crippen molar-refractivity contribution in [3.63, 3.8) is 0 Å². The molecule has 1 aliphatic carbocycles. The number of rotatable bonds is 4. The zero-order valence-corrected chi connectivity index (χ0v) is 11.1. The second-order valence-electron chi connectivity index (χ2n) is 6.52. The lowest BCUT2D eigenvalue weighted by atomic mass is 9.84. The number of hydrogen-bond acceptors (Lipinski definition) is 2. The molecule has 2 nitrogen and oxygen atoms in total. The molecule has 1 saturated carbocycles. The lowest BCUT2D eigenvalue weighted by molar-refractivity contribution is 0.0318. The fourth-order valence-electron chi connectivity index (χ4n) is 3.23. The molecule has 1 aliphatic heterocycles. The predicted molar refractivity (Wildman–Crippen MR) is 69.7 cm³/mol. The quantitative estimate of drug-likeness (QED) is 0.739. The Bertz CT molecular complexity index is 197. The molecule has 1 saturated heterocycles. The molecule has 2 fully saturated rings. The van der Waals surface area contributed by atoms with Crippen LogP contribution in [0.25, 0.3) is 0 Å². The Hall–Kier alpha value is -0.0800. The van der Waals surface area contributed by atoms with Gasteiger partial charge in [-0.2, -0.15) is 0 Å². The molecule has 1 N–H and O–H groups in total. The fourth-order valence-corrected chi connectivity index (χ4v) is 3.23. The number of hydrogen-bond donors (Lipinski definition) is 1. The summed E-state index contributed by atoms with van der Waals surface area (Å²) in [6, 6.07) is 0.816. The molecule has 0 unspecified atom stereocenters. The van der Waals surface area contributed by atoms with Crippen molar-refractivity contribution in [1.29, 1.82) is 0 Å². The van der Waals surface area contributed by atoms with Crippen molar-refractivity contribution >= 4 is 0 Å². The van der Waals surface area contributed by atoms with E-state index in [-0.39, 0.29) is 0 Å². The highest BCUT2D eigenvalue weighted by atomic mass is 15.2. The summed E-state index contributed by atoms with van der Waals surface area (Å²) in [4.78, 5) is 2.57. The van der Waals surface area contributed by atoms with Crippen LogP contribution < -0.4 is 5.32 Å². The minimum Gasteiger partial charge on any atom is -0.313 e. The van der Waals surface area contributed by atoms with Crippen molar-refractivity contribution in [2.45, 2.75) is 58.4 Å². The van der Waals surface area contributed by atoms with Gasteiger partial charge in [-0.05, 0) is 18.3 Å². The van der Waals surface area contributed by atoms with Crippen molar-refractivity contribution in [1.82, 2.24) is 10.2 Å². The molecule has 1 heterocycles. The van der Waals surface area contributed by atoms with E-state index in [2.05, 4.69) is 24.1 Å². The predicted octanol–water partition coefficient (Wildman–Crippen LogP) is 2.64. The molecule has 2 heteroatoms. The Balaban J connectivity index is 1.54. The minimum absolute atomic E-state index is 0.586. The summed E-state index contributed by atoms with van der Waals surface area (Å²) in [5, 5.41) is 3.75. The van der Waals surface area contributed by atoms with E-state index < -0.39 is 0 Å². The third-order valence-corrected chi connectivity index (χ3v) is 4.02. The molecule has 2 aliphatic rings. The van der Waals surface area contributed by atoms with Gasteiger partial charge in [0.25, 0.3) is 0 Å². The monoisotopic (exact) mass is 224 g/mol. The molecule has 0 amide bonds. The van der Waals surface area contributed by atoms with E-state index >= 15 is 0 Å². The van der Waals surface area contributed by atoms with Gasteiger partial charge < -0.3 is 10.2 Å². The van der Waals surface area contributed by atoms with Crippen LogP contribution in [-0.4, -0.2) is 37.1 Å². The minimum atomic E-state index is 0.586. The summed E-state index contributed by atoms with van der Waals surface area (Å²) in [6.07, 6.45) is 8.61. The molecular weight excluding hydrogens is 196 g/mol. The van der Waals surface area contributed by atoms with E-state index in [0.717, 1.165) is 6.04 Å². The fraction of sp³-hybridized carbons (Fsp3) is 1.00. The highest BCUT2D eigenvalue weighted by Crippen LogP contribution is 2.27. The first-order chi connectivity index (χ1) is 7.66. The Morgan fingerprint density at radius 1 is 1.06 bits per heavy atom. The third-order valence-electron chi connectivity index (χ3n) is 4.02. The molecular formula is C14H28N2. The van der Waals surface area contributed by atoms with Gasteiger partial charge in [0.1, 0.15) is 0 Å². The van der Waals surface area contributed by atoms with Gasteiger partial charge in [0.15, 0.2) is 0 Å². The molecule has 0 atom stereocenters. The van der Waals surface area contributed by atoms with Gasteiger partial charge in [-0.15, -0.1) is 0 Å². The van der Waals surface area contributed by atoms with Crippen molar-refractivity contribution in [3.8, 4) is 0 Å². The van der Waals surface area contributed by atoms with Gasteiger partial charge in [-0.3, -0.25) is 0 Å². The van der Waals surface area contributed by atoms with Crippen molar-refractivity contribution in [2.75, 3.05) is 26.2 Å². The van der Waals surface area contributed by atoms with Gasteiger partial charge in [-0.1, -0.05) is 39.5 Å². The molecule has 0 spiro atoms. The van der Waals surface area contributed by atoms with Crippen LogP contribution in [0.2, 0.25) is 0 Å². The summed E-state index contributed by atoms with van der Waals surface area (Å²) < 4.78 is 0. The lowest BCUT2D eigenvalue weighted by Crippen LogP contribution is -2.54. The first-order valence-corrected chi connectivity index (χ1v) is 7.11. The smallest absolute Gasteiger partial charge is 0.0107 e. The SMILES string of the molecule is CC1(C)CN(CCNC2CCCCCC2)C1. The maximum absolute atomic E-state index is 3.75. The summed E-state index contributed by atoms with van der Waals surface area (Å²) in [7, 11) is 0. The Kier molecular flexibility index (Phi) is 4.26. The molecule has 2 rings (SSSR count). The van der Waals surface area contributed by atoms with E-state index in [1.54, 1.807) is 0 Å². The van der Waals surface area contributed by atoms with Gasteiger partial charge >= 0.3 is 0 Å². The van der Waals surface area contributed by atoms with E-state index in [4.69, 9.17) is 0 Å². The third kappa shape index (κ3) is 3.74. The van der Waals surface area contributed by atoms with Gasteiger partial charge in [0, 0.05) is 32.2 Å².